The van der Waals surface area contributed by atoms with E-state index in [0.717, 1.165) is 22.2 Å². The van der Waals surface area contributed by atoms with Crippen LogP contribution in [0.15, 0.2) is 42.6 Å². The van der Waals surface area contributed by atoms with Crippen LogP contribution in [-0.2, 0) is 0 Å². The van der Waals surface area contributed by atoms with E-state index in [1.54, 1.807) is 12.3 Å². The highest BCUT2D eigenvalue weighted by molar-refractivity contribution is 5.99. The maximum absolute atomic E-state index is 7.47. The first kappa shape index (κ1) is 12.9. The highest BCUT2D eigenvalue weighted by Gasteiger charge is 2.06. The van der Waals surface area contributed by atoms with Crippen molar-refractivity contribution >= 4 is 22.6 Å². The minimum Gasteiger partial charge on any atom is -0.384 e. The monoisotopic (exact) mass is 278 g/mol. The van der Waals surface area contributed by atoms with E-state index < -0.39 is 0 Å². The van der Waals surface area contributed by atoms with Crippen LogP contribution in [0.4, 0.5) is 0 Å². The zero-order chi connectivity index (χ0) is 15.0. The summed E-state index contributed by atoms with van der Waals surface area (Å²) in [5, 5.41) is 15.8. The van der Waals surface area contributed by atoms with Crippen molar-refractivity contribution in [2.24, 2.45) is 11.5 Å². The second kappa shape index (κ2) is 4.75. The lowest BCUT2D eigenvalue weighted by Crippen LogP contribution is -2.12. The third kappa shape index (κ3) is 2.34. The van der Waals surface area contributed by atoms with Gasteiger partial charge in [-0.15, -0.1) is 0 Å². The molecule has 6 heteroatoms. The molecule has 0 radical (unpaired) electrons. The van der Waals surface area contributed by atoms with Gasteiger partial charge in [-0.1, -0.05) is 0 Å². The minimum absolute atomic E-state index is 0.0483. The first-order chi connectivity index (χ1) is 10.0. The van der Waals surface area contributed by atoms with Crippen LogP contribution in [0.1, 0.15) is 11.3 Å². The molecule has 2 aromatic heterocycles. The third-order valence-electron chi connectivity index (χ3n) is 3.28. The van der Waals surface area contributed by atoms with Crippen LogP contribution in [0.5, 0.6) is 0 Å². The maximum atomic E-state index is 7.47. The van der Waals surface area contributed by atoms with Gasteiger partial charge in [0.2, 0.25) is 0 Å². The molecule has 0 fully saturated rings. The number of H-pyrrole nitrogens is 1. The zero-order valence-electron chi connectivity index (χ0n) is 11.1. The number of benzene rings is 1. The number of pyridine rings is 1. The number of hydrogen-bond acceptors (Lipinski definition) is 3. The molecule has 0 amide bonds. The van der Waals surface area contributed by atoms with Gasteiger partial charge in [0.1, 0.15) is 17.4 Å². The topological polar surface area (TPSA) is 128 Å². The second-order valence-electron chi connectivity index (χ2n) is 4.74. The molecular formula is C15H14N6. The largest absolute Gasteiger partial charge is 0.384 e. The third-order valence-corrected chi connectivity index (χ3v) is 3.28. The lowest BCUT2D eigenvalue weighted by molar-refractivity contribution is 1.25. The van der Waals surface area contributed by atoms with Gasteiger partial charge in [0, 0.05) is 33.9 Å². The summed E-state index contributed by atoms with van der Waals surface area (Å²) in [4.78, 5) is 7.44. The van der Waals surface area contributed by atoms with E-state index in [-0.39, 0.29) is 11.7 Å². The Labute approximate surface area is 120 Å². The second-order valence-corrected chi connectivity index (χ2v) is 4.74. The minimum atomic E-state index is -0.0516. The van der Waals surface area contributed by atoms with Gasteiger partial charge in [0.05, 0.1) is 0 Å². The Morgan fingerprint density at radius 3 is 2.43 bits per heavy atom. The van der Waals surface area contributed by atoms with Crippen molar-refractivity contribution in [3.05, 3.63) is 53.9 Å². The lowest BCUT2D eigenvalue weighted by atomic mass is 10.1. The molecule has 0 unspecified atom stereocenters. The number of aromatic nitrogens is 2. The van der Waals surface area contributed by atoms with E-state index in [9.17, 15) is 0 Å². The van der Waals surface area contributed by atoms with Gasteiger partial charge in [-0.3, -0.25) is 15.8 Å². The molecule has 7 N–H and O–H groups in total. The van der Waals surface area contributed by atoms with Gasteiger partial charge < -0.3 is 16.5 Å². The quantitative estimate of drug-likeness (QED) is 0.370. The Hall–Kier alpha value is -3.15. The van der Waals surface area contributed by atoms with Crippen molar-refractivity contribution in [2.75, 3.05) is 0 Å². The molecular weight excluding hydrogens is 264 g/mol. The smallest absolute Gasteiger partial charge is 0.141 e. The van der Waals surface area contributed by atoms with Crippen LogP contribution in [-0.4, -0.2) is 21.6 Å². The Morgan fingerprint density at radius 2 is 1.81 bits per heavy atom. The van der Waals surface area contributed by atoms with Gasteiger partial charge in [0.15, 0.2) is 0 Å². The average Bonchev–Trinajstić information content (AvgIpc) is 2.90. The van der Waals surface area contributed by atoms with E-state index >= 15 is 0 Å². The number of fused-ring (bicyclic) bond motifs is 1. The molecule has 21 heavy (non-hydrogen) atoms. The molecule has 0 atom stereocenters. The van der Waals surface area contributed by atoms with E-state index in [2.05, 4.69) is 9.97 Å². The molecule has 0 saturated heterocycles. The normalized spacial score (nSPS) is 10.7. The Balaban J connectivity index is 2.04. The summed E-state index contributed by atoms with van der Waals surface area (Å²) in [6.45, 7) is 0. The summed E-state index contributed by atoms with van der Waals surface area (Å²) in [5.41, 5.74) is 14.8. The first-order valence-corrected chi connectivity index (χ1v) is 6.32. The van der Waals surface area contributed by atoms with Crippen LogP contribution in [0.2, 0.25) is 0 Å². The van der Waals surface area contributed by atoms with E-state index in [1.165, 1.54) is 0 Å². The summed E-state index contributed by atoms with van der Waals surface area (Å²) in [6.07, 6.45) is 1.67. The van der Waals surface area contributed by atoms with E-state index in [4.69, 9.17) is 22.3 Å². The van der Waals surface area contributed by atoms with Crippen molar-refractivity contribution in [3.8, 4) is 11.3 Å². The molecule has 0 aliphatic rings. The molecule has 0 aliphatic heterocycles. The summed E-state index contributed by atoms with van der Waals surface area (Å²) < 4.78 is 0. The van der Waals surface area contributed by atoms with Gasteiger partial charge >= 0.3 is 0 Å². The fourth-order valence-corrected chi connectivity index (χ4v) is 2.17. The van der Waals surface area contributed by atoms with Crippen LogP contribution in [0.25, 0.3) is 22.2 Å². The number of hydrogen-bond donors (Lipinski definition) is 5. The molecule has 104 valence electrons. The highest BCUT2D eigenvalue weighted by atomic mass is 14.8. The predicted molar refractivity (Wildman–Crippen MR) is 83.6 cm³/mol. The van der Waals surface area contributed by atoms with Gasteiger partial charge in [-0.2, -0.15) is 0 Å². The Kier molecular flexibility index (Phi) is 2.91. The molecule has 3 aromatic rings. The van der Waals surface area contributed by atoms with Crippen LogP contribution in [0, 0.1) is 10.8 Å². The highest BCUT2D eigenvalue weighted by Crippen LogP contribution is 2.24. The van der Waals surface area contributed by atoms with Crippen molar-refractivity contribution in [3.63, 3.8) is 0 Å². The van der Waals surface area contributed by atoms with Crippen molar-refractivity contribution < 1.29 is 0 Å². The maximum Gasteiger partial charge on any atom is 0.141 e. The number of aromatic amines is 1. The first-order valence-electron chi connectivity index (χ1n) is 6.32. The number of nitrogen functional groups attached to an aromatic ring is 2. The zero-order valence-corrected chi connectivity index (χ0v) is 11.1. The molecule has 0 spiro atoms. The molecule has 0 saturated carbocycles. The summed E-state index contributed by atoms with van der Waals surface area (Å²) in [5.74, 6) is -0.00331. The predicted octanol–water partition coefficient (Wildman–Crippen LogP) is 1.80. The van der Waals surface area contributed by atoms with Crippen LogP contribution in [0.3, 0.4) is 0 Å². The van der Waals surface area contributed by atoms with Gasteiger partial charge in [0.25, 0.3) is 0 Å². The molecule has 2 heterocycles. The Morgan fingerprint density at radius 1 is 1.00 bits per heavy atom. The van der Waals surface area contributed by atoms with Gasteiger partial charge in [-0.05, 0) is 36.4 Å². The van der Waals surface area contributed by atoms with E-state index in [0.29, 0.717) is 11.3 Å². The number of nitrogens with one attached hydrogen (secondary N) is 3. The van der Waals surface area contributed by atoms with Crippen LogP contribution < -0.4 is 11.5 Å². The lowest BCUT2D eigenvalue weighted by Gasteiger charge is -1.99. The number of nitrogens with zero attached hydrogens (tertiary/aromatic N) is 1. The standard InChI is InChI=1S/C15H14N6/c16-14(17)8-1-3-11-10(5-8)6-13(21-11)9-2-4-12(15(18)19)20-7-9/h1-7,21H,(H3,16,17)(H3,18,19). The molecule has 6 nitrogen and oxygen atoms in total. The fourth-order valence-electron chi connectivity index (χ4n) is 2.17. The summed E-state index contributed by atoms with van der Waals surface area (Å²) in [7, 11) is 0. The summed E-state index contributed by atoms with van der Waals surface area (Å²) in [6, 6.07) is 11.1. The molecule has 3 rings (SSSR count). The summed E-state index contributed by atoms with van der Waals surface area (Å²) >= 11 is 0. The number of nitrogens with two attached hydrogens (primary N) is 2. The van der Waals surface area contributed by atoms with Crippen LogP contribution >= 0.6 is 0 Å². The SMILES string of the molecule is N=C(N)c1ccc2[nH]c(-c3ccc(C(=N)N)nc3)cc2c1. The van der Waals surface area contributed by atoms with Crippen molar-refractivity contribution in [1.82, 2.24) is 9.97 Å². The average molecular weight is 278 g/mol. The fraction of sp³-hybridized carbons (Fsp3) is 0. The Bertz CT molecular complexity index is 844. The van der Waals surface area contributed by atoms with Crippen molar-refractivity contribution in [1.29, 1.82) is 10.8 Å². The molecule has 0 bridgehead atoms. The van der Waals surface area contributed by atoms with Gasteiger partial charge in [-0.25, -0.2) is 0 Å². The van der Waals surface area contributed by atoms with E-state index in [1.807, 2.05) is 30.3 Å². The molecule has 0 aliphatic carbocycles. The molecule has 1 aromatic carbocycles. The van der Waals surface area contributed by atoms with Crippen molar-refractivity contribution in [2.45, 2.75) is 0 Å². The number of amidine groups is 2. The number of rotatable bonds is 3.